The largest absolute Gasteiger partial charge is 0.497 e. The van der Waals surface area contributed by atoms with Gasteiger partial charge in [0.25, 0.3) is 0 Å². The van der Waals surface area contributed by atoms with Crippen LogP contribution < -0.4 is 21.5 Å². The third-order valence-corrected chi connectivity index (χ3v) is 5.40. The van der Waals surface area contributed by atoms with Crippen LogP contribution in [0.5, 0.6) is 5.75 Å². The van der Waals surface area contributed by atoms with Crippen LogP contribution in [0.4, 0.5) is 5.82 Å². The van der Waals surface area contributed by atoms with Crippen LogP contribution in [0.2, 0.25) is 0 Å². The highest BCUT2D eigenvalue weighted by atomic mass is 35.5. The highest BCUT2D eigenvalue weighted by Gasteiger charge is 2.26. The zero-order chi connectivity index (χ0) is 21.6. The number of aromatic nitrogens is 3. The normalized spacial score (nSPS) is 17.1. The Morgan fingerprint density at radius 1 is 1.09 bits per heavy atom. The molecule has 0 unspecified atom stereocenters. The van der Waals surface area contributed by atoms with Crippen LogP contribution in [0.25, 0.3) is 23.1 Å². The van der Waals surface area contributed by atoms with Crippen molar-refractivity contribution in [3.63, 3.8) is 0 Å². The molecule has 184 valence electrons. The second kappa shape index (κ2) is 13.8. The summed E-state index contributed by atoms with van der Waals surface area (Å²) in [7, 11) is 1.65. The molecule has 1 aromatic carbocycles. The number of nitrogens with zero attached hydrogens (tertiary/aromatic N) is 4. The Morgan fingerprint density at radius 3 is 2.59 bits per heavy atom. The lowest BCUT2D eigenvalue weighted by Gasteiger charge is -2.30. The molecule has 1 aliphatic rings. The number of anilines is 1. The van der Waals surface area contributed by atoms with Crippen molar-refractivity contribution in [3.8, 4) is 5.75 Å². The molecule has 0 amide bonds. The fraction of sp³-hybridized carbons (Fsp3) is 0.304. The number of hydrogen-bond acceptors (Lipinski definition) is 6. The molecule has 11 heteroatoms. The Morgan fingerprint density at radius 2 is 1.88 bits per heavy atom. The molecule has 0 bridgehead atoms. The lowest BCUT2D eigenvalue weighted by Crippen LogP contribution is -2.38. The van der Waals surface area contributed by atoms with Crippen molar-refractivity contribution >= 4 is 72.1 Å². The fourth-order valence-electron chi connectivity index (χ4n) is 3.88. The number of ether oxygens (including phenoxy) is 1. The molecule has 2 heterocycles. The number of benzene rings is 1. The minimum atomic E-state index is 0. The summed E-state index contributed by atoms with van der Waals surface area (Å²) in [4.78, 5) is 18.1. The van der Waals surface area contributed by atoms with Gasteiger partial charge >= 0.3 is 0 Å². The second-order valence-corrected chi connectivity index (χ2v) is 7.59. The van der Waals surface area contributed by atoms with E-state index in [2.05, 4.69) is 15.3 Å². The average Bonchev–Trinajstić information content (AvgIpc) is 2.79. The zero-order valence-electron chi connectivity index (χ0n) is 18.8. The number of guanidine groups is 1. The van der Waals surface area contributed by atoms with Crippen LogP contribution in [0.1, 0.15) is 37.1 Å². The summed E-state index contributed by atoms with van der Waals surface area (Å²) in [5, 5.41) is 4.49. The Labute approximate surface area is 217 Å². The third-order valence-electron chi connectivity index (χ3n) is 5.40. The number of rotatable bonds is 6. The molecule has 1 aliphatic carbocycles. The predicted octanol–water partition coefficient (Wildman–Crippen LogP) is 4.47. The summed E-state index contributed by atoms with van der Waals surface area (Å²) < 4.78 is 5.42. The summed E-state index contributed by atoms with van der Waals surface area (Å²) >= 11 is 0. The molecule has 8 nitrogen and oxygen atoms in total. The molecule has 5 N–H and O–H groups in total. The third kappa shape index (κ3) is 7.35. The van der Waals surface area contributed by atoms with Gasteiger partial charge in [0.2, 0.25) is 0 Å². The van der Waals surface area contributed by atoms with Gasteiger partial charge in [-0.05, 0) is 54.8 Å². The maximum Gasteiger partial charge on any atom is 0.186 e. The Hall–Kier alpha value is -2.81. The van der Waals surface area contributed by atoms with E-state index in [-0.39, 0.29) is 55.3 Å². The first-order valence-electron chi connectivity index (χ1n) is 10.4. The molecule has 0 aliphatic heterocycles. The summed E-state index contributed by atoms with van der Waals surface area (Å²) in [5.41, 5.74) is 13.2. The van der Waals surface area contributed by atoms with Gasteiger partial charge in [-0.25, -0.2) is 15.0 Å². The fourth-order valence-corrected chi connectivity index (χ4v) is 3.88. The SMILES string of the molecule is COc1ccc2nc(C=Cc3cccnc3)nc(N[C@H]3CCCC[C@H]3N=C(N)N)c2c1.Cl.Cl.Cl. The summed E-state index contributed by atoms with van der Waals surface area (Å²) in [6.07, 6.45) is 11.5. The van der Waals surface area contributed by atoms with Crippen LogP contribution in [0.15, 0.2) is 47.7 Å². The molecule has 3 aromatic rings. The summed E-state index contributed by atoms with van der Waals surface area (Å²) in [5.74, 6) is 2.23. The van der Waals surface area contributed by atoms with E-state index in [1.54, 1.807) is 19.5 Å². The van der Waals surface area contributed by atoms with Crippen molar-refractivity contribution in [1.82, 2.24) is 15.0 Å². The van der Waals surface area contributed by atoms with Crippen molar-refractivity contribution in [2.75, 3.05) is 12.4 Å². The van der Waals surface area contributed by atoms with E-state index in [1.807, 2.05) is 42.5 Å². The lowest BCUT2D eigenvalue weighted by molar-refractivity contribution is 0.405. The summed E-state index contributed by atoms with van der Waals surface area (Å²) in [6, 6.07) is 9.78. The standard InChI is InChI=1S/C23H27N7O.3ClH/c1-31-16-9-10-18-17(13-16)22(28-19-6-2-3-7-20(19)29-23(24)25)30-21(27-18)11-8-15-5-4-12-26-14-15;;;/h4-5,8-14,19-20H,2-3,6-7H2,1H3,(H4,24,25,29)(H,27,28,30);3*1H/t19-,20+;;;/m0.../s1. The van der Waals surface area contributed by atoms with Gasteiger partial charge in [0, 0.05) is 17.8 Å². The Bertz CT molecular complexity index is 1110. The number of pyridine rings is 1. The molecular formula is C23H30Cl3N7O. The number of fused-ring (bicyclic) bond motifs is 1. The van der Waals surface area contributed by atoms with Gasteiger partial charge in [-0.3, -0.25) is 4.98 Å². The van der Waals surface area contributed by atoms with Crippen molar-refractivity contribution in [1.29, 1.82) is 0 Å². The maximum absolute atomic E-state index is 5.67. The molecule has 34 heavy (non-hydrogen) atoms. The average molecular weight is 527 g/mol. The van der Waals surface area contributed by atoms with E-state index < -0.39 is 0 Å². The summed E-state index contributed by atoms with van der Waals surface area (Å²) in [6.45, 7) is 0. The highest BCUT2D eigenvalue weighted by molar-refractivity contribution is 5.91. The van der Waals surface area contributed by atoms with Gasteiger partial charge in [0.1, 0.15) is 11.6 Å². The maximum atomic E-state index is 5.67. The second-order valence-electron chi connectivity index (χ2n) is 7.59. The van der Waals surface area contributed by atoms with Crippen molar-refractivity contribution in [2.24, 2.45) is 16.5 Å². The van der Waals surface area contributed by atoms with E-state index in [1.165, 1.54) is 0 Å². The van der Waals surface area contributed by atoms with E-state index in [0.29, 0.717) is 5.82 Å². The Kier molecular flexibility index (Phi) is 11.9. The van der Waals surface area contributed by atoms with Crippen LogP contribution in [0.3, 0.4) is 0 Å². The van der Waals surface area contributed by atoms with E-state index >= 15 is 0 Å². The minimum absolute atomic E-state index is 0. The lowest BCUT2D eigenvalue weighted by atomic mass is 9.90. The van der Waals surface area contributed by atoms with E-state index in [9.17, 15) is 0 Å². The molecule has 0 spiro atoms. The van der Waals surface area contributed by atoms with Gasteiger partial charge in [-0.15, -0.1) is 37.2 Å². The topological polar surface area (TPSA) is 124 Å². The van der Waals surface area contributed by atoms with Crippen LogP contribution in [0, 0.1) is 0 Å². The molecule has 1 saturated carbocycles. The molecule has 0 saturated heterocycles. The molecular weight excluding hydrogens is 497 g/mol. The predicted molar refractivity (Wildman–Crippen MR) is 146 cm³/mol. The first kappa shape index (κ1) is 29.2. The van der Waals surface area contributed by atoms with Gasteiger partial charge < -0.3 is 21.5 Å². The molecule has 1 fully saturated rings. The molecule has 4 rings (SSSR count). The van der Waals surface area contributed by atoms with Gasteiger partial charge in [-0.2, -0.15) is 0 Å². The van der Waals surface area contributed by atoms with Crippen LogP contribution >= 0.6 is 37.2 Å². The number of halogens is 3. The molecule has 0 radical (unpaired) electrons. The number of aliphatic imine (C=N–C) groups is 1. The van der Waals surface area contributed by atoms with Gasteiger partial charge in [0.15, 0.2) is 11.8 Å². The number of nitrogens with two attached hydrogens (primary N) is 2. The quantitative estimate of drug-likeness (QED) is 0.320. The molecule has 2 atom stereocenters. The Balaban J connectivity index is 0.00000193. The van der Waals surface area contributed by atoms with E-state index in [4.69, 9.17) is 26.2 Å². The van der Waals surface area contributed by atoms with Crippen molar-refractivity contribution < 1.29 is 4.74 Å². The minimum Gasteiger partial charge on any atom is -0.497 e. The van der Waals surface area contributed by atoms with Crippen molar-refractivity contribution in [2.45, 2.75) is 37.8 Å². The van der Waals surface area contributed by atoms with Crippen molar-refractivity contribution in [3.05, 3.63) is 54.1 Å². The van der Waals surface area contributed by atoms with Crippen LogP contribution in [-0.4, -0.2) is 40.1 Å². The van der Waals surface area contributed by atoms with E-state index in [0.717, 1.165) is 53.7 Å². The zero-order valence-corrected chi connectivity index (χ0v) is 21.2. The first-order chi connectivity index (χ1) is 15.1. The number of hydrogen-bond donors (Lipinski definition) is 3. The van der Waals surface area contributed by atoms with Gasteiger partial charge in [0.05, 0.1) is 24.7 Å². The smallest absolute Gasteiger partial charge is 0.186 e. The van der Waals surface area contributed by atoms with Crippen LogP contribution in [-0.2, 0) is 0 Å². The monoisotopic (exact) mass is 525 g/mol. The number of methoxy groups -OCH3 is 1. The first-order valence-corrected chi connectivity index (χ1v) is 10.4. The van der Waals surface area contributed by atoms with Gasteiger partial charge in [-0.1, -0.05) is 18.9 Å². The number of nitrogens with one attached hydrogen (secondary N) is 1. The molecule has 2 aromatic heterocycles. The highest BCUT2D eigenvalue weighted by Crippen LogP contribution is 2.29.